The number of benzene rings is 1. The second-order valence-corrected chi connectivity index (χ2v) is 4.88. The lowest BCUT2D eigenvalue weighted by Gasteiger charge is -2.04. The summed E-state index contributed by atoms with van der Waals surface area (Å²) in [5.41, 5.74) is 0.441. The minimum absolute atomic E-state index is 0.00297. The molecule has 0 unspecified atom stereocenters. The van der Waals surface area contributed by atoms with Gasteiger partial charge in [0.25, 0.3) is 0 Å². The van der Waals surface area contributed by atoms with Gasteiger partial charge in [0.1, 0.15) is 6.42 Å². The maximum absolute atomic E-state index is 12.0. The van der Waals surface area contributed by atoms with Crippen LogP contribution in [-0.2, 0) is 4.79 Å². The standard InChI is InChI=1S/C11H7F3N2O3S/c12-11(13,14)4-8(17)16-10-15-6-2-1-5(9(18)19)3-7(6)20-10/h1-3H,4H2,(H,18,19)(H,15,16,17). The van der Waals surface area contributed by atoms with Crippen LogP contribution in [0.5, 0.6) is 0 Å². The van der Waals surface area contributed by atoms with Crippen molar-refractivity contribution < 1.29 is 27.9 Å². The van der Waals surface area contributed by atoms with E-state index in [2.05, 4.69) is 4.98 Å². The lowest BCUT2D eigenvalue weighted by Crippen LogP contribution is -2.20. The predicted molar refractivity (Wildman–Crippen MR) is 65.9 cm³/mol. The summed E-state index contributed by atoms with van der Waals surface area (Å²) in [6, 6.07) is 4.09. The van der Waals surface area contributed by atoms with Crippen molar-refractivity contribution in [3.63, 3.8) is 0 Å². The molecule has 0 saturated carbocycles. The quantitative estimate of drug-likeness (QED) is 0.914. The molecule has 0 aliphatic heterocycles. The lowest BCUT2D eigenvalue weighted by atomic mass is 10.2. The Morgan fingerprint density at radius 2 is 2.05 bits per heavy atom. The summed E-state index contributed by atoms with van der Waals surface area (Å²) in [4.78, 5) is 25.8. The molecule has 1 aromatic carbocycles. The number of alkyl halides is 3. The molecular formula is C11H7F3N2O3S. The summed E-state index contributed by atoms with van der Waals surface area (Å²) in [6.07, 6.45) is -6.18. The van der Waals surface area contributed by atoms with E-state index in [9.17, 15) is 22.8 Å². The maximum atomic E-state index is 12.0. The van der Waals surface area contributed by atoms with Crippen molar-refractivity contribution in [3.05, 3.63) is 23.8 Å². The van der Waals surface area contributed by atoms with E-state index in [-0.39, 0.29) is 10.7 Å². The number of hydrogen-bond donors (Lipinski definition) is 2. The average Bonchev–Trinajstić information content (AvgIpc) is 2.66. The van der Waals surface area contributed by atoms with Crippen LogP contribution in [0.2, 0.25) is 0 Å². The molecular weight excluding hydrogens is 297 g/mol. The highest BCUT2D eigenvalue weighted by Crippen LogP contribution is 2.28. The van der Waals surface area contributed by atoms with Crippen molar-refractivity contribution in [1.82, 2.24) is 4.98 Å². The Hall–Kier alpha value is -2.16. The second kappa shape index (κ2) is 5.08. The number of fused-ring (bicyclic) bond motifs is 1. The molecule has 106 valence electrons. The molecule has 9 heteroatoms. The Morgan fingerprint density at radius 1 is 1.35 bits per heavy atom. The number of carboxylic acid groups (broad SMARTS) is 1. The fourth-order valence-electron chi connectivity index (χ4n) is 1.46. The molecule has 20 heavy (non-hydrogen) atoms. The molecule has 5 nitrogen and oxygen atoms in total. The van der Waals surface area contributed by atoms with Crippen LogP contribution < -0.4 is 5.32 Å². The van der Waals surface area contributed by atoms with Crippen molar-refractivity contribution in [3.8, 4) is 0 Å². The van der Waals surface area contributed by atoms with Crippen LogP contribution in [0.1, 0.15) is 16.8 Å². The number of nitrogens with zero attached hydrogens (tertiary/aromatic N) is 1. The van der Waals surface area contributed by atoms with Crippen LogP contribution in [0.25, 0.3) is 10.2 Å². The zero-order valence-corrected chi connectivity index (χ0v) is 10.5. The van der Waals surface area contributed by atoms with Crippen LogP contribution in [0, 0.1) is 0 Å². The van der Waals surface area contributed by atoms with E-state index < -0.39 is 24.5 Å². The second-order valence-electron chi connectivity index (χ2n) is 3.85. The summed E-state index contributed by atoms with van der Waals surface area (Å²) in [7, 11) is 0. The van der Waals surface area contributed by atoms with Crippen molar-refractivity contribution in [2.45, 2.75) is 12.6 Å². The number of carbonyl (C=O) groups is 2. The molecule has 2 N–H and O–H groups in total. The number of carboxylic acids is 1. The fraction of sp³-hybridized carbons (Fsp3) is 0.182. The fourth-order valence-corrected chi connectivity index (χ4v) is 2.38. The van der Waals surface area contributed by atoms with E-state index in [1.807, 2.05) is 5.32 Å². The van der Waals surface area contributed by atoms with Gasteiger partial charge in [-0.05, 0) is 18.2 Å². The van der Waals surface area contributed by atoms with Gasteiger partial charge < -0.3 is 10.4 Å². The third kappa shape index (κ3) is 3.44. The molecule has 0 saturated heterocycles. The first-order valence-corrected chi connectivity index (χ1v) is 6.07. The largest absolute Gasteiger partial charge is 0.478 e. The highest BCUT2D eigenvalue weighted by Gasteiger charge is 2.31. The summed E-state index contributed by atoms with van der Waals surface area (Å²) >= 11 is 0.909. The Bertz CT molecular complexity index is 681. The molecule has 1 amide bonds. The van der Waals surface area contributed by atoms with Gasteiger partial charge in [0.05, 0.1) is 15.8 Å². The molecule has 0 aliphatic carbocycles. The number of anilines is 1. The average molecular weight is 304 g/mol. The first-order valence-electron chi connectivity index (χ1n) is 5.25. The Morgan fingerprint density at radius 3 is 2.65 bits per heavy atom. The van der Waals surface area contributed by atoms with Gasteiger partial charge in [-0.25, -0.2) is 9.78 Å². The van der Waals surface area contributed by atoms with Gasteiger partial charge in [-0.1, -0.05) is 11.3 Å². The third-order valence-electron chi connectivity index (χ3n) is 2.24. The number of nitrogens with one attached hydrogen (secondary N) is 1. The Labute approximate surface area is 114 Å². The minimum atomic E-state index is -4.59. The van der Waals surface area contributed by atoms with Crippen molar-refractivity contribution in [1.29, 1.82) is 0 Å². The Balaban J connectivity index is 2.20. The molecule has 2 rings (SSSR count). The van der Waals surface area contributed by atoms with Crippen LogP contribution in [0.4, 0.5) is 18.3 Å². The minimum Gasteiger partial charge on any atom is -0.478 e. The van der Waals surface area contributed by atoms with Crippen LogP contribution in [-0.4, -0.2) is 28.1 Å². The number of thiazole rings is 1. The lowest BCUT2D eigenvalue weighted by molar-refractivity contribution is -0.150. The van der Waals surface area contributed by atoms with Gasteiger partial charge in [-0.2, -0.15) is 13.2 Å². The number of hydrogen-bond acceptors (Lipinski definition) is 4. The van der Waals surface area contributed by atoms with E-state index in [0.717, 1.165) is 11.3 Å². The van der Waals surface area contributed by atoms with Crippen molar-refractivity contribution >= 4 is 38.6 Å². The molecule has 2 aromatic rings. The highest BCUT2D eigenvalue weighted by molar-refractivity contribution is 7.22. The summed E-state index contributed by atoms with van der Waals surface area (Å²) in [5, 5.41) is 10.8. The molecule has 0 spiro atoms. The predicted octanol–water partition coefficient (Wildman–Crippen LogP) is 2.89. The number of halogens is 3. The third-order valence-corrected chi connectivity index (χ3v) is 3.18. The highest BCUT2D eigenvalue weighted by atomic mass is 32.1. The number of amides is 1. The zero-order chi connectivity index (χ0) is 14.9. The van der Waals surface area contributed by atoms with Gasteiger partial charge in [0.2, 0.25) is 5.91 Å². The molecule has 0 fully saturated rings. The van der Waals surface area contributed by atoms with Crippen molar-refractivity contribution in [2.75, 3.05) is 5.32 Å². The first kappa shape index (κ1) is 14.3. The van der Waals surface area contributed by atoms with E-state index in [0.29, 0.717) is 10.2 Å². The summed E-state index contributed by atoms with van der Waals surface area (Å²) < 4.78 is 36.5. The van der Waals surface area contributed by atoms with E-state index in [1.165, 1.54) is 18.2 Å². The van der Waals surface area contributed by atoms with Crippen LogP contribution in [0.15, 0.2) is 18.2 Å². The van der Waals surface area contributed by atoms with Gasteiger partial charge >= 0.3 is 12.1 Å². The normalized spacial score (nSPS) is 11.6. The maximum Gasteiger partial charge on any atom is 0.397 e. The zero-order valence-electron chi connectivity index (χ0n) is 9.69. The van der Waals surface area contributed by atoms with Crippen LogP contribution >= 0.6 is 11.3 Å². The van der Waals surface area contributed by atoms with Gasteiger partial charge in [0.15, 0.2) is 5.13 Å². The van der Waals surface area contributed by atoms with Gasteiger partial charge in [0, 0.05) is 0 Å². The van der Waals surface area contributed by atoms with Crippen LogP contribution in [0.3, 0.4) is 0 Å². The number of aromatic nitrogens is 1. The molecule has 0 radical (unpaired) electrons. The number of aromatic carboxylic acids is 1. The van der Waals surface area contributed by atoms with E-state index in [4.69, 9.17) is 5.11 Å². The van der Waals surface area contributed by atoms with Gasteiger partial charge in [-0.3, -0.25) is 4.79 Å². The molecule has 0 aliphatic rings. The van der Waals surface area contributed by atoms with Crippen molar-refractivity contribution in [2.24, 2.45) is 0 Å². The number of rotatable bonds is 3. The SMILES string of the molecule is O=C(CC(F)(F)F)Nc1nc2ccc(C(=O)O)cc2s1. The monoisotopic (exact) mass is 304 g/mol. The molecule has 0 atom stereocenters. The summed E-state index contributed by atoms with van der Waals surface area (Å²) in [5.74, 6) is -2.34. The van der Waals surface area contributed by atoms with E-state index in [1.54, 1.807) is 0 Å². The Kier molecular flexibility index (Phi) is 3.62. The van der Waals surface area contributed by atoms with Gasteiger partial charge in [-0.15, -0.1) is 0 Å². The van der Waals surface area contributed by atoms with E-state index >= 15 is 0 Å². The smallest absolute Gasteiger partial charge is 0.397 e. The topological polar surface area (TPSA) is 79.3 Å². The molecule has 1 heterocycles. The first-order chi connectivity index (χ1) is 9.24. The number of carbonyl (C=O) groups excluding carboxylic acids is 1. The molecule has 1 aromatic heterocycles. The summed E-state index contributed by atoms with van der Waals surface area (Å²) in [6.45, 7) is 0. The molecule has 0 bridgehead atoms.